The van der Waals surface area contributed by atoms with Crippen LogP contribution in [-0.2, 0) is 20.4 Å². The Labute approximate surface area is 147 Å². The van der Waals surface area contributed by atoms with E-state index in [1.54, 1.807) is 12.1 Å². The van der Waals surface area contributed by atoms with Gasteiger partial charge in [-0.3, -0.25) is 0 Å². The first-order valence-corrected chi connectivity index (χ1v) is 6.70. The molecule has 0 unspecified atom stereocenters. The molecule has 0 N–H and O–H groups in total. The summed E-state index contributed by atoms with van der Waals surface area (Å²) in [6.45, 7) is 5.07. The summed E-state index contributed by atoms with van der Waals surface area (Å²) in [5.74, 6) is 0. The number of benzene rings is 2. The van der Waals surface area contributed by atoms with Gasteiger partial charge in [-0.05, 0) is 21.0 Å². The minimum Gasteiger partial charge on any atom is -0.305 e. The minimum absolute atomic E-state index is 0. The van der Waals surface area contributed by atoms with E-state index in [9.17, 15) is 0 Å². The molecule has 0 bridgehead atoms. The predicted octanol–water partition coefficient (Wildman–Crippen LogP) is 4.32. The van der Waals surface area contributed by atoms with E-state index in [2.05, 4.69) is 62.3 Å². The summed E-state index contributed by atoms with van der Waals surface area (Å²) in [4.78, 5) is 2.21. The van der Waals surface area contributed by atoms with Gasteiger partial charge in [0, 0.05) is 40.3 Å². The standard InChI is InChI=1S/C14H16N.2C2H3N.Pd/c1-11(15(2)3)13-10-6-8-12-7-4-5-9-14(12)13;2*1-2-3;/h4-9,11H,1-3H3;2*1H3;/q-1;;;/t11-;;;/m0.../s1. The van der Waals surface area contributed by atoms with Crippen LogP contribution in [0.5, 0.6) is 0 Å². The molecule has 0 spiro atoms. The van der Waals surface area contributed by atoms with Gasteiger partial charge in [0.15, 0.2) is 0 Å². The summed E-state index contributed by atoms with van der Waals surface area (Å²) in [7, 11) is 4.20. The van der Waals surface area contributed by atoms with Gasteiger partial charge < -0.3 is 4.90 Å². The fourth-order valence-electron chi connectivity index (χ4n) is 1.79. The van der Waals surface area contributed by atoms with E-state index < -0.39 is 0 Å². The zero-order valence-corrected chi connectivity index (χ0v) is 15.3. The van der Waals surface area contributed by atoms with E-state index in [1.165, 1.54) is 30.2 Å². The topological polar surface area (TPSA) is 50.8 Å². The van der Waals surface area contributed by atoms with E-state index in [0.29, 0.717) is 6.04 Å². The maximum absolute atomic E-state index is 7.32. The van der Waals surface area contributed by atoms with Gasteiger partial charge in [0.05, 0.1) is 12.1 Å². The van der Waals surface area contributed by atoms with Crippen LogP contribution in [0.1, 0.15) is 32.4 Å². The smallest absolute Gasteiger partial charge is 0.0587 e. The molecule has 0 heterocycles. The number of hydrogen-bond acceptors (Lipinski definition) is 3. The molecule has 0 aliphatic rings. The molecule has 2 aromatic carbocycles. The van der Waals surface area contributed by atoms with E-state index in [-0.39, 0.29) is 20.4 Å². The van der Waals surface area contributed by atoms with E-state index in [1.807, 2.05) is 6.07 Å². The maximum Gasteiger partial charge on any atom is 0.0587 e. The van der Waals surface area contributed by atoms with Gasteiger partial charge in [-0.1, -0.05) is 18.2 Å². The number of rotatable bonds is 2. The Hall–Kier alpha value is -1.70. The molecule has 0 fully saturated rings. The zero-order chi connectivity index (χ0) is 16.3. The molecule has 0 saturated heterocycles. The molecule has 22 heavy (non-hydrogen) atoms. The van der Waals surface area contributed by atoms with Crippen molar-refractivity contribution >= 4 is 10.8 Å². The molecule has 4 heteroatoms. The first-order valence-electron chi connectivity index (χ1n) is 6.70. The molecule has 0 aliphatic carbocycles. The van der Waals surface area contributed by atoms with Crippen molar-refractivity contribution < 1.29 is 20.4 Å². The Balaban J connectivity index is 0. The van der Waals surface area contributed by atoms with Crippen molar-refractivity contribution in [1.29, 1.82) is 10.5 Å². The van der Waals surface area contributed by atoms with Crippen molar-refractivity contribution in [3.63, 3.8) is 0 Å². The Bertz CT molecular complexity index is 607. The third-order valence-electron chi connectivity index (χ3n) is 2.95. The predicted molar refractivity (Wildman–Crippen MR) is 87.5 cm³/mol. The molecular weight excluding hydrogens is 365 g/mol. The normalized spacial score (nSPS) is 9.82. The van der Waals surface area contributed by atoms with Crippen LogP contribution in [0.25, 0.3) is 10.8 Å². The van der Waals surface area contributed by atoms with Crippen molar-refractivity contribution in [2.45, 2.75) is 26.8 Å². The fourth-order valence-corrected chi connectivity index (χ4v) is 1.79. The van der Waals surface area contributed by atoms with Crippen LogP contribution in [0.3, 0.4) is 0 Å². The molecule has 0 aliphatic heterocycles. The SMILES string of the molecule is CC#N.CC#N.C[C@@H](c1[c-]ccc2ccccc12)N(C)C.[Pd]. The van der Waals surface area contributed by atoms with Crippen LogP contribution in [0.4, 0.5) is 0 Å². The molecule has 2 aromatic rings. The van der Waals surface area contributed by atoms with Crippen molar-refractivity contribution in [1.82, 2.24) is 4.90 Å². The molecule has 0 saturated carbocycles. The Kier molecular flexibility index (Phi) is 13.3. The molecule has 0 amide bonds. The zero-order valence-electron chi connectivity index (χ0n) is 13.7. The van der Waals surface area contributed by atoms with Crippen LogP contribution in [0, 0.1) is 28.7 Å². The Morgan fingerprint density at radius 3 is 2.05 bits per heavy atom. The van der Waals surface area contributed by atoms with Gasteiger partial charge in [0.25, 0.3) is 0 Å². The van der Waals surface area contributed by atoms with E-state index in [4.69, 9.17) is 10.5 Å². The van der Waals surface area contributed by atoms with Crippen LogP contribution >= 0.6 is 0 Å². The first-order chi connectivity index (χ1) is 10.0. The van der Waals surface area contributed by atoms with Crippen molar-refractivity contribution in [3.05, 3.63) is 48.0 Å². The van der Waals surface area contributed by atoms with Crippen molar-refractivity contribution in [2.24, 2.45) is 0 Å². The van der Waals surface area contributed by atoms with Gasteiger partial charge in [0.1, 0.15) is 0 Å². The molecule has 3 nitrogen and oxygen atoms in total. The van der Waals surface area contributed by atoms with Crippen LogP contribution < -0.4 is 0 Å². The average Bonchev–Trinajstić information content (AvgIpc) is 2.47. The van der Waals surface area contributed by atoms with Gasteiger partial charge in [0.2, 0.25) is 0 Å². The summed E-state index contributed by atoms with van der Waals surface area (Å²) in [6.07, 6.45) is 0. The molecule has 1 atom stereocenters. The van der Waals surface area contributed by atoms with Crippen molar-refractivity contribution in [3.8, 4) is 12.1 Å². The number of hydrogen-bond donors (Lipinski definition) is 0. The van der Waals surface area contributed by atoms with Gasteiger partial charge in [-0.25, -0.2) is 0 Å². The molecular formula is C18H22N3Pd-. The second-order valence-electron chi connectivity index (χ2n) is 4.57. The van der Waals surface area contributed by atoms with Gasteiger partial charge in [-0.15, -0.1) is 22.4 Å². The summed E-state index contributed by atoms with van der Waals surface area (Å²) < 4.78 is 0. The van der Waals surface area contributed by atoms with Crippen LogP contribution in [0.2, 0.25) is 0 Å². The second-order valence-corrected chi connectivity index (χ2v) is 4.57. The largest absolute Gasteiger partial charge is 0.305 e. The molecule has 2 rings (SSSR count). The molecule has 0 aromatic heterocycles. The monoisotopic (exact) mass is 386 g/mol. The summed E-state index contributed by atoms with van der Waals surface area (Å²) in [6, 6.07) is 19.9. The van der Waals surface area contributed by atoms with E-state index in [0.717, 1.165) is 0 Å². The summed E-state index contributed by atoms with van der Waals surface area (Å²) in [5.41, 5.74) is 1.28. The second kappa shape index (κ2) is 13.0. The first kappa shape index (κ1) is 22.6. The maximum atomic E-state index is 7.32. The van der Waals surface area contributed by atoms with Crippen LogP contribution in [0.15, 0.2) is 36.4 Å². The average molecular weight is 387 g/mol. The number of nitrogens with zero attached hydrogens (tertiary/aromatic N) is 3. The fraction of sp³-hybridized carbons (Fsp3) is 0.333. The molecule has 120 valence electrons. The number of nitriles is 2. The van der Waals surface area contributed by atoms with Crippen LogP contribution in [-0.4, -0.2) is 19.0 Å². The third kappa shape index (κ3) is 7.35. The van der Waals surface area contributed by atoms with E-state index >= 15 is 0 Å². The number of fused-ring (bicyclic) bond motifs is 1. The Morgan fingerprint density at radius 2 is 1.55 bits per heavy atom. The minimum atomic E-state index is 0. The Morgan fingerprint density at radius 1 is 1.05 bits per heavy atom. The van der Waals surface area contributed by atoms with Gasteiger partial charge in [-0.2, -0.15) is 28.7 Å². The van der Waals surface area contributed by atoms with Gasteiger partial charge >= 0.3 is 0 Å². The summed E-state index contributed by atoms with van der Waals surface area (Å²) >= 11 is 0. The molecule has 0 radical (unpaired) electrons. The summed E-state index contributed by atoms with van der Waals surface area (Å²) in [5, 5.41) is 17.2. The van der Waals surface area contributed by atoms with Crippen molar-refractivity contribution in [2.75, 3.05) is 14.1 Å². The quantitative estimate of drug-likeness (QED) is 0.570. The third-order valence-corrected chi connectivity index (χ3v) is 2.95.